The summed E-state index contributed by atoms with van der Waals surface area (Å²) in [5.74, 6) is -0.514. The summed E-state index contributed by atoms with van der Waals surface area (Å²) in [6, 6.07) is 10.2. The molecule has 1 amide bonds. The molecule has 3 N–H and O–H groups in total. The van der Waals surface area contributed by atoms with Gasteiger partial charge in [-0.3, -0.25) is 15.0 Å². The number of unbranched alkanes of at least 4 members (excludes halogenated alkanes) is 1. The van der Waals surface area contributed by atoms with Crippen molar-refractivity contribution < 1.29 is 10.0 Å². The minimum absolute atomic E-state index is 0.215. The number of aromatic nitrogens is 1. The van der Waals surface area contributed by atoms with Gasteiger partial charge in [-0.15, -0.1) is 0 Å². The Morgan fingerprint density at radius 2 is 1.89 bits per heavy atom. The molecule has 0 radical (unpaired) electrons. The SMILES string of the molecule is Cc1cc(C[C@H](CCCCNCc2ccccn2)C(=O)NO)cc(C)c1C. The van der Waals surface area contributed by atoms with Crippen LogP contribution in [0.15, 0.2) is 36.5 Å². The monoisotopic (exact) mass is 369 g/mol. The Balaban J connectivity index is 1.80. The van der Waals surface area contributed by atoms with Gasteiger partial charge in [0.1, 0.15) is 0 Å². The van der Waals surface area contributed by atoms with Gasteiger partial charge < -0.3 is 5.32 Å². The van der Waals surface area contributed by atoms with E-state index in [1.54, 1.807) is 6.20 Å². The number of rotatable bonds is 10. The van der Waals surface area contributed by atoms with E-state index in [0.717, 1.165) is 43.6 Å². The highest BCUT2D eigenvalue weighted by Crippen LogP contribution is 2.21. The van der Waals surface area contributed by atoms with Crippen LogP contribution in [0.3, 0.4) is 0 Å². The van der Waals surface area contributed by atoms with Gasteiger partial charge in [0.2, 0.25) is 5.91 Å². The van der Waals surface area contributed by atoms with Crippen molar-refractivity contribution in [2.45, 2.75) is 53.0 Å². The fraction of sp³-hybridized carbons (Fsp3) is 0.455. The molecule has 0 spiro atoms. The Hall–Kier alpha value is -2.24. The maximum Gasteiger partial charge on any atom is 0.246 e. The lowest BCUT2D eigenvalue weighted by atomic mass is 9.90. The number of pyridine rings is 1. The van der Waals surface area contributed by atoms with Gasteiger partial charge in [-0.05, 0) is 81.0 Å². The lowest BCUT2D eigenvalue weighted by Gasteiger charge is -2.17. The zero-order chi connectivity index (χ0) is 19.6. The molecule has 0 saturated heterocycles. The molecule has 5 nitrogen and oxygen atoms in total. The number of nitrogens with zero attached hydrogens (tertiary/aromatic N) is 1. The van der Waals surface area contributed by atoms with E-state index >= 15 is 0 Å². The smallest absolute Gasteiger partial charge is 0.246 e. The van der Waals surface area contributed by atoms with Crippen LogP contribution in [0, 0.1) is 26.7 Å². The van der Waals surface area contributed by atoms with Crippen molar-refractivity contribution >= 4 is 5.91 Å². The largest absolute Gasteiger partial charge is 0.311 e. The van der Waals surface area contributed by atoms with Gasteiger partial charge in [-0.2, -0.15) is 0 Å². The normalized spacial score (nSPS) is 12.0. The molecular formula is C22H31N3O2. The number of carbonyl (C=O) groups is 1. The maximum absolute atomic E-state index is 12.1. The van der Waals surface area contributed by atoms with E-state index in [2.05, 4.69) is 43.2 Å². The topological polar surface area (TPSA) is 74.2 Å². The third-order valence-electron chi connectivity index (χ3n) is 5.14. The summed E-state index contributed by atoms with van der Waals surface area (Å²) in [4.78, 5) is 16.4. The quantitative estimate of drug-likeness (QED) is 0.340. The Labute approximate surface area is 162 Å². The van der Waals surface area contributed by atoms with Crippen molar-refractivity contribution in [1.29, 1.82) is 0 Å². The molecule has 2 aromatic rings. The maximum atomic E-state index is 12.1. The van der Waals surface area contributed by atoms with E-state index in [-0.39, 0.29) is 11.8 Å². The molecule has 27 heavy (non-hydrogen) atoms. The number of nitrogens with one attached hydrogen (secondary N) is 2. The van der Waals surface area contributed by atoms with E-state index in [1.807, 2.05) is 23.7 Å². The van der Waals surface area contributed by atoms with Crippen LogP contribution in [0.1, 0.15) is 47.2 Å². The van der Waals surface area contributed by atoms with Crippen LogP contribution in [0.25, 0.3) is 0 Å². The highest BCUT2D eigenvalue weighted by Gasteiger charge is 2.18. The number of hydroxylamine groups is 1. The first-order chi connectivity index (χ1) is 13.0. The first kappa shape index (κ1) is 21.1. The Morgan fingerprint density at radius 1 is 1.15 bits per heavy atom. The minimum Gasteiger partial charge on any atom is -0.311 e. The van der Waals surface area contributed by atoms with Gasteiger partial charge in [0, 0.05) is 18.7 Å². The number of amides is 1. The molecule has 0 saturated carbocycles. The molecule has 1 heterocycles. The van der Waals surface area contributed by atoms with E-state index < -0.39 is 0 Å². The Kier molecular flexibility index (Phi) is 8.43. The van der Waals surface area contributed by atoms with E-state index in [4.69, 9.17) is 5.21 Å². The van der Waals surface area contributed by atoms with Crippen LogP contribution in [-0.4, -0.2) is 22.6 Å². The number of carbonyl (C=O) groups excluding carboxylic acids is 1. The summed E-state index contributed by atoms with van der Waals surface area (Å²) in [7, 11) is 0. The summed E-state index contributed by atoms with van der Waals surface area (Å²) < 4.78 is 0. The van der Waals surface area contributed by atoms with Gasteiger partial charge in [0.25, 0.3) is 0 Å². The molecule has 0 aliphatic carbocycles. The summed E-state index contributed by atoms with van der Waals surface area (Å²) in [5, 5.41) is 12.5. The highest BCUT2D eigenvalue weighted by atomic mass is 16.5. The lowest BCUT2D eigenvalue weighted by molar-refractivity contribution is -0.133. The zero-order valence-electron chi connectivity index (χ0n) is 16.6. The summed E-state index contributed by atoms with van der Waals surface area (Å²) in [5.41, 5.74) is 7.79. The molecule has 0 aliphatic rings. The number of hydrogen-bond donors (Lipinski definition) is 3. The number of benzene rings is 1. The third-order valence-corrected chi connectivity index (χ3v) is 5.14. The molecule has 1 aromatic heterocycles. The van der Waals surface area contributed by atoms with E-state index in [0.29, 0.717) is 6.42 Å². The minimum atomic E-state index is -0.299. The zero-order valence-corrected chi connectivity index (χ0v) is 16.6. The third kappa shape index (κ3) is 6.77. The summed E-state index contributed by atoms with van der Waals surface area (Å²) in [6.45, 7) is 7.95. The molecule has 1 atom stereocenters. The van der Waals surface area contributed by atoms with Crippen molar-refractivity contribution in [3.8, 4) is 0 Å². The van der Waals surface area contributed by atoms with Gasteiger partial charge in [-0.25, -0.2) is 5.48 Å². The molecule has 0 fully saturated rings. The molecular weight excluding hydrogens is 338 g/mol. The Morgan fingerprint density at radius 3 is 2.52 bits per heavy atom. The van der Waals surface area contributed by atoms with Crippen LogP contribution in [0.5, 0.6) is 0 Å². The molecule has 146 valence electrons. The molecule has 1 aromatic carbocycles. The van der Waals surface area contributed by atoms with Crippen LogP contribution in [0.4, 0.5) is 0 Å². The fourth-order valence-electron chi connectivity index (χ4n) is 3.30. The van der Waals surface area contributed by atoms with Crippen molar-refractivity contribution in [3.63, 3.8) is 0 Å². The average molecular weight is 370 g/mol. The van der Waals surface area contributed by atoms with Gasteiger partial charge in [0.15, 0.2) is 0 Å². The second kappa shape index (κ2) is 10.8. The van der Waals surface area contributed by atoms with Crippen LogP contribution in [0.2, 0.25) is 0 Å². The molecule has 0 bridgehead atoms. The molecule has 2 rings (SSSR count). The second-order valence-electron chi connectivity index (χ2n) is 7.23. The van der Waals surface area contributed by atoms with Crippen molar-refractivity contribution in [1.82, 2.24) is 15.8 Å². The number of aryl methyl sites for hydroxylation is 2. The summed E-state index contributed by atoms with van der Waals surface area (Å²) >= 11 is 0. The number of hydrogen-bond acceptors (Lipinski definition) is 4. The van der Waals surface area contributed by atoms with E-state index in [9.17, 15) is 4.79 Å². The predicted octanol–water partition coefficient (Wildman–Crippen LogP) is 3.63. The van der Waals surface area contributed by atoms with Crippen LogP contribution in [-0.2, 0) is 17.8 Å². The van der Waals surface area contributed by atoms with E-state index in [1.165, 1.54) is 16.7 Å². The summed E-state index contributed by atoms with van der Waals surface area (Å²) in [6.07, 6.45) is 5.11. The molecule has 0 unspecified atom stereocenters. The fourth-order valence-corrected chi connectivity index (χ4v) is 3.30. The average Bonchev–Trinajstić information content (AvgIpc) is 2.67. The van der Waals surface area contributed by atoms with Crippen molar-refractivity contribution in [2.24, 2.45) is 5.92 Å². The second-order valence-corrected chi connectivity index (χ2v) is 7.23. The standard InChI is InChI=1S/C22H31N3O2/c1-16-12-19(13-17(2)18(16)3)14-20(22(26)25-27)8-4-6-10-23-15-21-9-5-7-11-24-21/h5,7,9,11-13,20,23,27H,4,6,8,10,14-15H2,1-3H3,(H,25,26)/t20-/m0/s1. The first-order valence-corrected chi connectivity index (χ1v) is 9.62. The Bertz CT molecular complexity index is 709. The van der Waals surface area contributed by atoms with Gasteiger partial charge in [0.05, 0.1) is 5.69 Å². The van der Waals surface area contributed by atoms with Crippen molar-refractivity contribution in [2.75, 3.05) is 6.54 Å². The van der Waals surface area contributed by atoms with Crippen LogP contribution < -0.4 is 10.8 Å². The van der Waals surface area contributed by atoms with Crippen LogP contribution >= 0.6 is 0 Å². The lowest BCUT2D eigenvalue weighted by Crippen LogP contribution is -2.29. The van der Waals surface area contributed by atoms with Crippen molar-refractivity contribution in [3.05, 3.63) is 64.5 Å². The predicted molar refractivity (Wildman–Crippen MR) is 108 cm³/mol. The first-order valence-electron chi connectivity index (χ1n) is 9.62. The molecule has 5 heteroatoms. The molecule has 0 aliphatic heterocycles. The van der Waals surface area contributed by atoms with Gasteiger partial charge >= 0.3 is 0 Å². The highest BCUT2D eigenvalue weighted by molar-refractivity contribution is 5.77. The van der Waals surface area contributed by atoms with Gasteiger partial charge in [-0.1, -0.05) is 24.6 Å².